The number of benzene rings is 1. The molecule has 1 aromatic carbocycles. The molecule has 0 bridgehead atoms. The molecular weight excluding hydrogens is 406 g/mol. The van der Waals surface area contributed by atoms with Crippen molar-refractivity contribution >= 4 is 33.0 Å². The maximum Gasteiger partial charge on any atom is 0.273 e. The molecule has 158 valence electrons. The van der Waals surface area contributed by atoms with Gasteiger partial charge in [-0.1, -0.05) is 13.0 Å². The summed E-state index contributed by atoms with van der Waals surface area (Å²) in [4.78, 5) is 14.8. The molecule has 1 saturated heterocycles. The monoisotopic (exact) mass is 435 g/mol. The molecule has 1 atom stereocenters. The topological polar surface area (TPSA) is 69.7 Å². The molecule has 1 aromatic heterocycles. The van der Waals surface area contributed by atoms with Gasteiger partial charge in [0.2, 0.25) is 0 Å². The van der Waals surface area contributed by atoms with Gasteiger partial charge < -0.3 is 10.2 Å². The molecule has 2 heterocycles. The maximum atomic E-state index is 12.6. The fraction of sp³-hybridized carbons (Fsp3) is 0.476. The van der Waals surface area contributed by atoms with Crippen LogP contribution in [-0.4, -0.2) is 52.5 Å². The molecular formula is C21H29N3O3S2. The number of sulfonamides is 1. The molecule has 2 aromatic rings. The van der Waals surface area contributed by atoms with E-state index >= 15 is 0 Å². The van der Waals surface area contributed by atoms with E-state index in [2.05, 4.69) is 17.1 Å². The first kappa shape index (κ1) is 21.8. The number of amides is 1. The lowest BCUT2D eigenvalue weighted by atomic mass is 10.0. The van der Waals surface area contributed by atoms with E-state index in [4.69, 9.17) is 0 Å². The Morgan fingerprint density at radius 2 is 2.03 bits per heavy atom. The first-order valence-electron chi connectivity index (χ1n) is 10.0. The van der Waals surface area contributed by atoms with E-state index < -0.39 is 10.0 Å². The predicted molar refractivity (Wildman–Crippen MR) is 118 cm³/mol. The molecule has 1 aliphatic heterocycles. The molecule has 6 nitrogen and oxygen atoms in total. The molecule has 1 N–H and O–H groups in total. The third-order valence-corrected chi connectivity index (χ3v) is 8.44. The number of carbonyl (C=O) groups is 1. The number of piperidine rings is 1. The van der Waals surface area contributed by atoms with Crippen molar-refractivity contribution in [2.75, 3.05) is 37.5 Å². The van der Waals surface area contributed by atoms with Gasteiger partial charge >= 0.3 is 0 Å². The van der Waals surface area contributed by atoms with Gasteiger partial charge in [-0.15, -0.1) is 11.3 Å². The second-order valence-corrected chi connectivity index (χ2v) is 10.8. The number of nitrogens with one attached hydrogen (secondary N) is 1. The molecule has 0 radical (unpaired) electrons. The molecule has 3 rings (SSSR count). The van der Waals surface area contributed by atoms with Crippen molar-refractivity contribution in [2.45, 2.75) is 30.4 Å². The van der Waals surface area contributed by atoms with E-state index in [1.807, 2.05) is 0 Å². The summed E-state index contributed by atoms with van der Waals surface area (Å²) >= 11 is 1.19. The quantitative estimate of drug-likeness (QED) is 0.645. The summed E-state index contributed by atoms with van der Waals surface area (Å²) in [6.45, 7) is 6.24. The average Bonchev–Trinajstić information content (AvgIpc) is 3.26. The largest absolute Gasteiger partial charge is 0.352 e. The van der Waals surface area contributed by atoms with Crippen LogP contribution in [0.5, 0.6) is 0 Å². The number of nitrogens with zero attached hydrogens (tertiary/aromatic N) is 2. The van der Waals surface area contributed by atoms with Gasteiger partial charge in [-0.3, -0.25) is 9.10 Å². The second-order valence-electron chi connectivity index (χ2n) is 7.61. The third kappa shape index (κ3) is 5.58. The highest BCUT2D eigenvalue weighted by Crippen LogP contribution is 2.25. The zero-order chi connectivity index (χ0) is 20.9. The Hall–Kier alpha value is -1.90. The lowest BCUT2D eigenvalue weighted by molar-refractivity contribution is 0.0950. The van der Waals surface area contributed by atoms with E-state index in [1.165, 1.54) is 35.5 Å². The highest BCUT2D eigenvalue weighted by molar-refractivity contribution is 7.94. The Morgan fingerprint density at radius 1 is 1.28 bits per heavy atom. The van der Waals surface area contributed by atoms with Crippen LogP contribution in [0.1, 0.15) is 36.5 Å². The fourth-order valence-electron chi connectivity index (χ4n) is 3.60. The number of anilines is 1. The second kappa shape index (κ2) is 9.73. The molecule has 8 heteroatoms. The van der Waals surface area contributed by atoms with Crippen molar-refractivity contribution in [3.05, 3.63) is 47.3 Å². The molecule has 0 spiro atoms. The van der Waals surface area contributed by atoms with Gasteiger partial charge in [0, 0.05) is 25.7 Å². The predicted octanol–water partition coefficient (Wildman–Crippen LogP) is 3.43. The lowest BCUT2D eigenvalue weighted by Crippen LogP contribution is -2.36. The van der Waals surface area contributed by atoms with Crippen molar-refractivity contribution in [2.24, 2.45) is 5.92 Å². The van der Waals surface area contributed by atoms with Gasteiger partial charge in [-0.25, -0.2) is 8.42 Å². The Morgan fingerprint density at radius 3 is 2.69 bits per heavy atom. The minimum Gasteiger partial charge on any atom is -0.352 e. The molecule has 29 heavy (non-hydrogen) atoms. The van der Waals surface area contributed by atoms with Crippen LogP contribution < -0.4 is 9.62 Å². The summed E-state index contributed by atoms with van der Waals surface area (Å²) < 4.78 is 26.7. The SMILES string of the molecule is C[C@H]1CCCN(CCCNC(=O)c2ccc(N(C)S(=O)(=O)c3cccs3)cc2)C1. The minimum absolute atomic E-state index is 0.132. The highest BCUT2D eigenvalue weighted by Gasteiger charge is 2.22. The summed E-state index contributed by atoms with van der Waals surface area (Å²) in [6.07, 6.45) is 3.50. The van der Waals surface area contributed by atoms with Gasteiger partial charge in [-0.2, -0.15) is 0 Å². The van der Waals surface area contributed by atoms with Crippen molar-refractivity contribution < 1.29 is 13.2 Å². The zero-order valence-electron chi connectivity index (χ0n) is 17.0. The van der Waals surface area contributed by atoms with E-state index in [0.29, 0.717) is 22.0 Å². The summed E-state index contributed by atoms with van der Waals surface area (Å²) in [5.74, 6) is 0.631. The number of hydrogen-bond donors (Lipinski definition) is 1. The van der Waals surface area contributed by atoms with Crippen LogP contribution in [0.15, 0.2) is 46.0 Å². The van der Waals surface area contributed by atoms with Crippen LogP contribution >= 0.6 is 11.3 Å². The van der Waals surface area contributed by atoms with Crippen LogP contribution in [0.25, 0.3) is 0 Å². The van der Waals surface area contributed by atoms with Gasteiger partial charge in [0.05, 0.1) is 5.69 Å². The van der Waals surface area contributed by atoms with Crippen LogP contribution in [0.3, 0.4) is 0 Å². The lowest BCUT2D eigenvalue weighted by Gasteiger charge is -2.30. The number of likely N-dealkylation sites (tertiary alicyclic amines) is 1. The van der Waals surface area contributed by atoms with Crippen molar-refractivity contribution in [3.8, 4) is 0 Å². The molecule has 1 aliphatic rings. The first-order valence-corrected chi connectivity index (χ1v) is 12.3. The molecule has 0 unspecified atom stereocenters. The fourth-order valence-corrected chi connectivity index (χ4v) is 5.96. The standard InChI is InChI=1S/C21H29N3O3S2/c1-17-6-3-13-24(16-17)14-5-12-22-21(25)18-8-10-19(11-9-18)23(2)29(26,27)20-7-4-15-28-20/h4,7-11,15,17H,3,5-6,12-14,16H2,1-2H3,(H,22,25)/t17-/m0/s1. The van der Waals surface area contributed by atoms with E-state index in [1.54, 1.807) is 41.8 Å². The van der Waals surface area contributed by atoms with Crippen LogP contribution in [0.2, 0.25) is 0 Å². The number of hydrogen-bond acceptors (Lipinski definition) is 5. The van der Waals surface area contributed by atoms with E-state index in [9.17, 15) is 13.2 Å². The van der Waals surface area contributed by atoms with Gasteiger partial charge in [0.1, 0.15) is 4.21 Å². The summed E-state index contributed by atoms with van der Waals surface area (Å²) in [6, 6.07) is 9.95. The van der Waals surface area contributed by atoms with Crippen molar-refractivity contribution in [3.63, 3.8) is 0 Å². The third-order valence-electron chi connectivity index (χ3n) is 5.28. The normalized spacial score (nSPS) is 17.8. The molecule has 1 fully saturated rings. The van der Waals surface area contributed by atoms with E-state index in [-0.39, 0.29) is 5.91 Å². The number of thiophene rings is 1. The Labute approximate surface area is 177 Å². The van der Waals surface area contributed by atoms with Crippen LogP contribution in [0, 0.1) is 5.92 Å². The van der Waals surface area contributed by atoms with Gasteiger partial charge in [0.15, 0.2) is 0 Å². The Kier molecular flexibility index (Phi) is 7.32. The van der Waals surface area contributed by atoms with Gasteiger partial charge in [0.25, 0.3) is 15.9 Å². The van der Waals surface area contributed by atoms with Crippen molar-refractivity contribution in [1.29, 1.82) is 0 Å². The zero-order valence-corrected chi connectivity index (χ0v) is 18.6. The van der Waals surface area contributed by atoms with Gasteiger partial charge in [-0.05, 0) is 74.0 Å². The Bertz CT molecular complexity index is 896. The average molecular weight is 436 g/mol. The van der Waals surface area contributed by atoms with Crippen LogP contribution in [-0.2, 0) is 10.0 Å². The molecule has 1 amide bonds. The minimum atomic E-state index is -3.57. The molecule has 0 saturated carbocycles. The number of rotatable bonds is 8. The summed E-state index contributed by atoms with van der Waals surface area (Å²) in [5, 5.41) is 4.69. The summed E-state index contributed by atoms with van der Waals surface area (Å²) in [7, 11) is -2.05. The van der Waals surface area contributed by atoms with E-state index in [0.717, 1.165) is 32.0 Å². The number of carbonyl (C=O) groups excluding carboxylic acids is 1. The van der Waals surface area contributed by atoms with Crippen molar-refractivity contribution in [1.82, 2.24) is 10.2 Å². The maximum absolute atomic E-state index is 12.6. The summed E-state index contributed by atoms with van der Waals surface area (Å²) in [5.41, 5.74) is 1.05. The first-order chi connectivity index (χ1) is 13.9. The molecule has 0 aliphatic carbocycles. The smallest absolute Gasteiger partial charge is 0.273 e. The van der Waals surface area contributed by atoms with Crippen LogP contribution in [0.4, 0.5) is 5.69 Å². The highest BCUT2D eigenvalue weighted by atomic mass is 32.2. The Balaban J connectivity index is 1.50.